The van der Waals surface area contributed by atoms with Crippen LogP contribution in [0.25, 0.3) is 0 Å². The molecule has 0 spiro atoms. The molecule has 0 heterocycles. The molecule has 102 valence electrons. The van der Waals surface area contributed by atoms with Gasteiger partial charge in [0.1, 0.15) is 0 Å². The second kappa shape index (κ2) is 7.23. The van der Waals surface area contributed by atoms with Crippen LogP contribution in [0.5, 0.6) is 0 Å². The van der Waals surface area contributed by atoms with E-state index in [4.69, 9.17) is 0 Å². The van der Waals surface area contributed by atoms with Gasteiger partial charge in [-0.2, -0.15) is 0 Å². The molecular weight excluding hydrogens is 316 g/mol. The fourth-order valence-corrected chi connectivity index (χ4v) is 2.76. The summed E-state index contributed by atoms with van der Waals surface area (Å²) in [4.78, 5) is 2.36. The van der Waals surface area contributed by atoms with Gasteiger partial charge in [-0.3, -0.25) is 0 Å². The predicted octanol–water partition coefficient (Wildman–Crippen LogP) is 1.81. The highest BCUT2D eigenvalue weighted by Crippen LogP contribution is 2.12. The molecule has 0 aliphatic heterocycles. The zero-order chi connectivity index (χ0) is 13.6. The maximum absolute atomic E-state index is 12.0. The summed E-state index contributed by atoms with van der Waals surface area (Å²) < 4.78 is 26.5. The number of sulfonamides is 1. The first kappa shape index (κ1) is 15.6. The Balaban J connectivity index is 2.62. The molecule has 18 heavy (non-hydrogen) atoms. The summed E-state index contributed by atoms with van der Waals surface area (Å²) >= 11 is 3.33. The van der Waals surface area contributed by atoms with Gasteiger partial charge in [-0.05, 0) is 31.3 Å². The quantitative estimate of drug-likeness (QED) is 0.773. The molecule has 1 aromatic carbocycles. The first-order valence-electron chi connectivity index (χ1n) is 5.82. The molecule has 0 fully saturated rings. The van der Waals surface area contributed by atoms with E-state index in [0.717, 1.165) is 17.4 Å². The fraction of sp³-hybridized carbons (Fsp3) is 0.500. The molecule has 0 atom stereocenters. The molecule has 0 aliphatic carbocycles. The van der Waals surface area contributed by atoms with E-state index in [1.54, 1.807) is 12.1 Å². The molecular formula is C12H19BrN2O2S. The Morgan fingerprint density at radius 1 is 1.28 bits per heavy atom. The number of likely N-dealkylation sites (N-methyl/N-ethyl adjacent to an activating group) is 1. The van der Waals surface area contributed by atoms with Crippen LogP contribution in [0, 0.1) is 0 Å². The molecule has 1 aromatic rings. The highest BCUT2D eigenvalue weighted by molar-refractivity contribution is 9.08. The van der Waals surface area contributed by atoms with Crippen LogP contribution >= 0.6 is 15.9 Å². The summed E-state index contributed by atoms with van der Waals surface area (Å²) in [6.07, 6.45) is 0. The van der Waals surface area contributed by atoms with Gasteiger partial charge < -0.3 is 4.90 Å². The second-order valence-corrected chi connectivity index (χ2v) is 6.40. The molecule has 0 bridgehead atoms. The Morgan fingerprint density at radius 2 is 1.89 bits per heavy atom. The number of hydrogen-bond acceptors (Lipinski definition) is 3. The summed E-state index contributed by atoms with van der Waals surface area (Å²) in [6.45, 7) is 4.07. The third-order valence-electron chi connectivity index (χ3n) is 2.71. The lowest BCUT2D eigenvalue weighted by molar-refractivity contribution is 0.358. The Bertz CT molecular complexity index is 459. The van der Waals surface area contributed by atoms with Gasteiger partial charge >= 0.3 is 0 Å². The predicted molar refractivity (Wildman–Crippen MR) is 77.4 cm³/mol. The minimum absolute atomic E-state index is 0.311. The van der Waals surface area contributed by atoms with Crippen molar-refractivity contribution >= 4 is 26.0 Å². The van der Waals surface area contributed by atoms with Gasteiger partial charge in [-0.1, -0.05) is 35.0 Å². The number of alkyl halides is 1. The van der Waals surface area contributed by atoms with Gasteiger partial charge in [-0.15, -0.1) is 0 Å². The molecule has 1 rings (SSSR count). The van der Waals surface area contributed by atoms with E-state index in [1.807, 2.05) is 26.1 Å². The third-order valence-corrected chi connectivity index (χ3v) is 4.84. The minimum atomic E-state index is -3.38. The summed E-state index contributed by atoms with van der Waals surface area (Å²) in [5, 5.41) is 0.724. The van der Waals surface area contributed by atoms with Gasteiger partial charge in [0, 0.05) is 18.4 Å². The van der Waals surface area contributed by atoms with Crippen LogP contribution < -0.4 is 4.72 Å². The van der Waals surface area contributed by atoms with Crippen molar-refractivity contribution in [2.75, 3.05) is 26.7 Å². The average Bonchev–Trinajstić information content (AvgIpc) is 2.38. The molecule has 0 radical (unpaired) electrons. The topological polar surface area (TPSA) is 49.4 Å². The Morgan fingerprint density at radius 3 is 2.39 bits per heavy atom. The van der Waals surface area contributed by atoms with Crippen LogP contribution in [-0.2, 0) is 15.4 Å². The monoisotopic (exact) mass is 334 g/mol. The van der Waals surface area contributed by atoms with E-state index in [2.05, 4.69) is 25.6 Å². The molecule has 0 saturated heterocycles. The number of nitrogens with one attached hydrogen (secondary N) is 1. The normalized spacial score (nSPS) is 12.0. The number of nitrogens with zero attached hydrogens (tertiary/aromatic N) is 1. The van der Waals surface area contributed by atoms with E-state index >= 15 is 0 Å². The second-order valence-electron chi connectivity index (χ2n) is 4.07. The van der Waals surface area contributed by atoms with E-state index in [0.29, 0.717) is 18.0 Å². The Kier molecular flexibility index (Phi) is 6.28. The van der Waals surface area contributed by atoms with Crippen LogP contribution in [0.4, 0.5) is 0 Å². The lowest BCUT2D eigenvalue weighted by Gasteiger charge is -2.14. The molecule has 6 heteroatoms. The highest BCUT2D eigenvalue weighted by atomic mass is 79.9. The van der Waals surface area contributed by atoms with Gasteiger partial charge in [0.25, 0.3) is 0 Å². The molecule has 0 aromatic heterocycles. The van der Waals surface area contributed by atoms with Gasteiger partial charge in [-0.25, -0.2) is 13.1 Å². The van der Waals surface area contributed by atoms with Crippen LogP contribution in [0.3, 0.4) is 0 Å². The number of rotatable bonds is 7. The molecule has 0 unspecified atom stereocenters. The maximum atomic E-state index is 12.0. The number of hydrogen-bond donors (Lipinski definition) is 1. The van der Waals surface area contributed by atoms with Crippen LogP contribution in [-0.4, -0.2) is 40.0 Å². The van der Waals surface area contributed by atoms with Crippen molar-refractivity contribution in [3.05, 3.63) is 29.8 Å². The largest absolute Gasteiger partial charge is 0.305 e. The zero-order valence-corrected chi connectivity index (χ0v) is 13.1. The Labute approximate surface area is 118 Å². The first-order chi connectivity index (χ1) is 8.49. The number of benzene rings is 1. The highest BCUT2D eigenvalue weighted by Gasteiger charge is 2.12. The number of halogens is 1. The zero-order valence-electron chi connectivity index (χ0n) is 10.7. The van der Waals surface area contributed by atoms with Crippen molar-refractivity contribution in [2.45, 2.75) is 17.1 Å². The molecule has 0 saturated carbocycles. The molecule has 0 amide bonds. The van der Waals surface area contributed by atoms with E-state index in [9.17, 15) is 8.42 Å². The van der Waals surface area contributed by atoms with Crippen LogP contribution in [0.1, 0.15) is 12.5 Å². The third kappa shape index (κ3) is 4.68. The summed E-state index contributed by atoms with van der Waals surface area (Å²) in [5.41, 5.74) is 1.06. The SMILES string of the molecule is CCN(C)CCNS(=O)(=O)c1ccc(CBr)cc1. The Hall–Kier alpha value is -0.430. The average molecular weight is 335 g/mol. The fourth-order valence-electron chi connectivity index (χ4n) is 1.37. The van der Waals surface area contributed by atoms with Crippen molar-refractivity contribution in [1.82, 2.24) is 9.62 Å². The van der Waals surface area contributed by atoms with E-state index in [1.165, 1.54) is 0 Å². The van der Waals surface area contributed by atoms with Crippen LogP contribution in [0.15, 0.2) is 29.2 Å². The van der Waals surface area contributed by atoms with E-state index in [-0.39, 0.29) is 0 Å². The molecule has 1 N–H and O–H groups in total. The van der Waals surface area contributed by atoms with Crippen molar-refractivity contribution in [1.29, 1.82) is 0 Å². The maximum Gasteiger partial charge on any atom is 0.240 e. The molecule has 4 nitrogen and oxygen atoms in total. The van der Waals surface area contributed by atoms with Crippen molar-refractivity contribution in [3.8, 4) is 0 Å². The standard InChI is InChI=1S/C12H19BrN2O2S/c1-3-15(2)9-8-14-18(16,17)12-6-4-11(10-13)5-7-12/h4-7,14H,3,8-10H2,1-2H3. The molecule has 0 aliphatic rings. The minimum Gasteiger partial charge on any atom is -0.305 e. The smallest absolute Gasteiger partial charge is 0.240 e. The lowest BCUT2D eigenvalue weighted by atomic mass is 10.2. The lowest BCUT2D eigenvalue weighted by Crippen LogP contribution is -2.32. The van der Waals surface area contributed by atoms with Gasteiger partial charge in [0.05, 0.1) is 4.90 Å². The van der Waals surface area contributed by atoms with Crippen molar-refractivity contribution in [2.24, 2.45) is 0 Å². The first-order valence-corrected chi connectivity index (χ1v) is 8.43. The van der Waals surface area contributed by atoms with Gasteiger partial charge in [0.2, 0.25) is 10.0 Å². The van der Waals surface area contributed by atoms with Crippen LogP contribution in [0.2, 0.25) is 0 Å². The van der Waals surface area contributed by atoms with Crippen molar-refractivity contribution in [3.63, 3.8) is 0 Å². The van der Waals surface area contributed by atoms with Crippen molar-refractivity contribution < 1.29 is 8.42 Å². The van der Waals surface area contributed by atoms with E-state index < -0.39 is 10.0 Å². The summed E-state index contributed by atoms with van der Waals surface area (Å²) in [5.74, 6) is 0. The summed E-state index contributed by atoms with van der Waals surface area (Å²) in [7, 11) is -1.42. The van der Waals surface area contributed by atoms with Gasteiger partial charge in [0.15, 0.2) is 0 Å². The summed E-state index contributed by atoms with van der Waals surface area (Å²) in [6, 6.07) is 6.87.